The summed E-state index contributed by atoms with van der Waals surface area (Å²) in [6.07, 6.45) is 0.956. The number of phenols is 1. The van der Waals surface area contributed by atoms with Gasteiger partial charge >= 0.3 is 0 Å². The Morgan fingerprint density at radius 2 is 1.71 bits per heavy atom. The van der Waals surface area contributed by atoms with Gasteiger partial charge in [0, 0.05) is 24.7 Å². The third-order valence-electron chi connectivity index (χ3n) is 6.40. The van der Waals surface area contributed by atoms with Crippen LogP contribution in [0.4, 0.5) is 0 Å². The average molecular weight is 523 g/mol. The summed E-state index contributed by atoms with van der Waals surface area (Å²) < 4.78 is 10.6. The summed E-state index contributed by atoms with van der Waals surface area (Å²) in [5, 5.41) is 35.8. The van der Waals surface area contributed by atoms with Crippen LogP contribution in [0, 0.1) is 0 Å². The maximum Gasteiger partial charge on any atom is 0.224 e. The highest BCUT2D eigenvalue weighted by Gasteiger charge is 2.13. The molecule has 0 unspecified atom stereocenters. The van der Waals surface area contributed by atoms with Crippen LogP contribution in [0.15, 0.2) is 60.7 Å². The number of methoxy groups -OCH3 is 2. The molecule has 8 nitrogen and oxygen atoms in total. The molecule has 2 atom stereocenters. The lowest BCUT2D eigenvalue weighted by Crippen LogP contribution is -2.32. The molecule has 0 bridgehead atoms. The van der Waals surface area contributed by atoms with E-state index in [-0.39, 0.29) is 24.3 Å². The van der Waals surface area contributed by atoms with Gasteiger partial charge in [0.25, 0.3) is 0 Å². The number of carbonyl (C=O) groups is 1. The SMILES string of the molecule is COc1ccc(CCNC(=O)Cc2cccc(C[C@@H](C)NC[C@@H](O)c3ccc(O)c(CO)c3)c2)cc1OC. The molecule has 0 aliphatic carbocycles. The molecule has 3 aromatic carbocycles. The van der Waals surface area contributed by atoms with Gasteiger partial charge in [-0.3, -0.25) is 4.79 Å². The molecule has 5 N–H and O–H groups in total. The molecule has 3 rings (SSSR count). The molecule has 0 heterocycles. The second-order valence-corrected chi connectivity index (χ2v) is 9.36. The summed E-state index contributed by atoms with van der Waals surface area (Å²) in [7, 11) is 3.20. The van der Waals surface area contributed by atoms with Crippen molar-refractivity contribution in [3.05, 3.63) is 88.5 Å². The van der Waals surface area contributed by atoms with Crippen LogP contribution in [0.25, 0.3) is 0 Å². The first-order valence-electron chi connectivity index (χ1n) is 12.7. The smallest absolute Gasteiger partial charge is 0.224 e. The van der Waals surface area contributed by atoms with Crippen LogP contribution in [-0.4, -0.2) is 54.6 Å². The summed E-state index contributed by atoms with van der Waals surface area (Å²) in [6.45, 7) is 2.61. The zero-order chi connectivity index (χ0) is 27.5. The summed E-state index contributed by atoms with van der Waals surface area (Å²) in [6, 6.07) is 18.5. The number of hydrogen-bond acceptors (Lipinski definition) is 7. The fourth-order valence-corrected chi connectivity index (χ4v) is 4.29. The molecule has 38 heavy (non-hydrogen) atoms. The van der Waals surface area contributed by atoms with Gasteiger partial charge in [0.05, 0.1) is 33.4 Å². The highest BCUT2D eigenvalue weighted by Crippen LogP contribution is 2.27. The number of amides is 1. The molecule has 0 saturated carbocycles. The lowest BCUT2D eigenvalue weighted by molar-refractivity contribution is -0.120. The maximum atomic E-state index is 12.5. The number of benzene rings is 3. The molecule has 0 aliphatic rings. The van der Waals surface area contributed by atoms with Crippen LogP contribution >= 0.6 is 0 Å². The Bertz CT molecular complexity index is 1200. The van der Waals surface area contributed by atoms with E-state index in [0.717, 1.165) is 23.1 Å². The number of carbonyl (C=O) groups excluding carboxylic acids is 1. The van der Waals surface area contributed by atoms with Crippen LogP contribution in [0.5, 0.6) is 17.2 Å². The number of aliphatic hydroxyl groups is 2. The van der Waals surface area contributed by atoms with Crippen LogP contribution in [0.2, 0.25) is 0 Å². The van der Waals surface area contributed by atoms with Crippen LogP contribution in [0.1, 0.15) is 40.8 Å². The van der Waals surface area contributed by atoms with Crippen LogP contribution in [-0.2, 0) is 30.7 Å². The van der Waals surface area contributed by atoms with Gasteiger partial charge in [-0.05, 0) is 66.3 Å². The largest absolute Gasteiger partial charge is 0.508 e. The maximum absolute atomic E-state index is 12.5. The predicted molar refractivity (Wildman–Crippen MR) is 147 cm³/mol. The van der Waals surface area contributed by atoms with Crippen molar-refractivity contribution >= 4 is 5.91 Å². The Morgan fingerprint density at radius 1 is 0.947 bits per heavy atom. The van der Waals surface area contributed by atoms with Crippen molar-refractivity contribution in [2.24, 2.45) is 0 Å². The molecule has 0 radical (unpaired) electrons. The third kappa shape index (κ3) is 8.48. The fourth-order valence-electron chi connectivity index (χ4n) is 4.29. The van der Waals surface area contributed by atoms with Crippen molar-refractivity contribution in [1.82, 2.24) is 10.6 Å². The van der Waals surface area contributed by atoms with Crippen molar-refractivity contribution in [3.63, 3.8) is 0 Å². The Hall–Kier alpha value is -3.59. The first kappa shape index (κ1) is 29.0. The topological polar surface area (TPSA) is 120 Å². The minimum Gasteiger partial charge on any atom is -0.508 e. The molecular weight excluding hydrogens is 484 g/mol. The van der Waals surface area contributed by atoms with E-state index in [0.29, 0.717) is 48.6 Å². The van der Waals surface area contributed by atoms with E-state index in [1.54, 1.807) is 26.4 Å². The molecule has 204 valence electrons. The van der Waals surface area contributed by atoms with Gasteiger partial charge in [0.15, 0.2) is 11.5 Å². The molecule has 8 heteroatoms. The Balaban J connectivity index is 1.44. The van der Waals surface area contributed by atoms with Crippen molar-refractivity contribution in [3.8, 4) is 17.2 Å². The van der Waals surface area contributed by atoms with E-state index in [1.807, 2.05) is 49.4 Å². The minimum atomic E-state index is -0.766. The molecule has 0 saturated heterocycles. The van der Waals surface area contributed by atoms with Crippen molar-refractivity contribution in [1.29, 1.82) is 0 Å². The first-order valence-corrected chi connectivity index (χ1v) is 12.7. The van der Waals surface area contributed by atoms with Gasteiger partial charge in [-0.25, -0.2) is 0 Å². The van der Waals surface area contributed by atoms with Gasteiger partial charge in [-0.15, -0.1) is 0 Å². The first-order chi connectivity index (χ1) is 18.3. The lowest BCUT2D eigenvalue weighted by Gasteiger charge is -2.18. The average Bonchev–Trinajstić information content (AvgIpc) is 2.92. The van der Waals surface area contributed by atoms with E-state index in [9.17, 15) is 20.1 Å². The fraction of sp³-hybridized carbons (Fsp3) is 0.367. The van der Waals surface area contributed by atoms with Crippen molar-refractivity contribution in [2.45, 2.75) is 44.9 Å². The number of rotatable bonds is 14. The van der Waals surface area contributed by atoms with E-state index in [1.165, 1.54) is 6.07 Å². The van der Waals surface area contributed by atoms with Crippen LogP contribution < -0.4 is 20.1 Å². The van der Waals surface area contributed by atoms with Crippen LogP contribution in [0.3, 0.4) is 0 Å². The molecular formula is C30H38N2O6. The molecule has 1 amide bonds. The monoisotopic (exact) mass is 522 g/mol. The van der Waals surface area contributed by atoms with Gasteiger partial charge in [0.2, 0.25) is 5.91 Å². The standard InChI is InChI=1S/C30H38N2O6/c1-20(32-18-27(35)24-8-9-26(34)25(17-24)19-33)13-22-5-4-6-23(14-22)16-30(36)31-12-11-21-7-10-28(37-2)29(15-21)38-3/h4-10,14-15,17,20,27,32-35H,11-13,16,18-19H2,1-3H3,(H,31,36)/t20-,27-/m1/s1. The Morgan fingerprint density at radius 3 is 2.45 bits per heavy atom. The highest BCUT2D eigenvalue weighted by molar-refractivity contribution is 5.78. The number of ether oxygens (including phenoxy) is 2. The minimum absolute atomic E-state index is 0.0104. The van der Waals surface area contributed by atoms with Gasteiger partial charge in [0.1, 0.15) is 5.75 Å². The summed E-state index contributed by atoms with van der Waals surface area (Å²) >= 11 is 0. The number of hydrogen-bond donors (Lipinski definition) is 5. The molecule has 0 aliphatic heterocycles. The van der Waals surface area contributed by atoms with Gasteiger partial charge < -0.3 is 35.4 Å². The van der Waals surface area contributed by atoms with E-state index in [4.69, 9.17) is 9.47 Å². The van der Waals surface area contributed by atoms with Crippen molar-refractivity contribution < 1.29 is 29.6 Å². The predicted octanol–water partition coefficient (Wildman–Crippen LogP) is 3.06. The zero-order valence-corrected chi connectivity index (χ0v) is 22.2. The second-order valence-electron chi connectivity index (χ2n) is 9.36. The second kappa shape index (κ2) is 14.4. The number of nitrogens with one attached hydrogen (secondary N) is 2. The summed E-state index contributed by atoms with van der Waals surface area (Å²) in [5.41, 5.74) is 4.11. The quantitative estimate of drug-likeness (QED) is 0.221. The van der Waals surface area contributed by atoms with Crippen molar-refractivity contribution in [2.75, 3.05) is 27.3 Å². The Kier molecular flexibility index (Phi) is 11.0. The highest BCUT2D eigenvalue weighted by atomic mass is 16.5. The van der Waals surface area contributed by atoms with E-state index >= 15 is 0 Å². The lowest BCUT2D eigenvalue weighted by atomic mass is 10.0. The van der Waals surface area contributed by atoms with E-state index < -0.39 is 6.10 Å². The number of aromatic hydroxyl groups is 1. The molecule has 3 aromatic rings. The Labute approximate surface area is 224 Å². The zero-order valence-electron chi connectivity index (χ0n) is 22.2. The van der Waals surface area contributed by atoms with E-state index in [2.05, 4.69) is 10.6 Å². The van der Waals surface area contributed by atoms with Gasteiger partial charge in [-0.1, -0.05) is 36.4 Å². The summed E-state index contributed by atoms with van der Waals surface area (Å²) in [4.78, 5) is 12.5. The molecule has 0 fully saturated rings. The molecule has 0 aromatic heterocycles. The summed E-state index contributed by atoms with van der Waals surface area (Å²) in [5.74, 6) is 1.32. The normalized spacial score (nSPS) is 12.6. The molecule has 0 spiro atoms. The number of aliphatic hydroxyl groups excluding tert-OH is 2. The van der Waals surface area contributed by atoms with Gasteiger partial charge in [-0.2, -0.15) is 0 Å². The third-order valence-corrected chi connectivity index (χ3v) is 6.40.